The van der Waals surface area contributed by atoms with Crippen LogP contribution in [0, 0.1) is 0 Å². The van der Waals surface area contributed by atoms with Crippen LogP contribution in [0.25, 0.3) is 0 Å². The summed E-state index contributed by atoms with van der Waals surface area (Å²) in [7, 11) is 0. The predicted molar refractivity (Wildman–Crippen MR) is 37.5 cm³/mol. The highest BCUT2D eigenvalue weighted by molar-refractivity contribution is 7.99. The Morgan fingerprint density at radius 2 is 2.00 bits per heavy atom. The maximum absolute atomic E-state index is 12.6. The second-order valence-corrected chi connectivity index (χ2v) is 3.50. The lowest BCUT2D eigenvalue weighted by atomic mass is 10.1. The van der Waals surface area contributed by atoms with Crippen LogP contribution in [-0.2, 0) is 0 Å². The van der Waals surface area contributed by atoms with Crippen molar-refractivity contribution in [2.75, 3.05) is 11.5 Å². The van der Waals surface area contributed by atoms with Gasteiger partial charge in [-0.25, -0.2) is 4.39 Å². The molecule has 1 rings (SSSR count). The highest BCUT2D eigenvalue weighted by Gasteiger charge is 2.20. The van der Waals surface area contributed by atoms with Crippen LogP contribution in [0.15, 0.2) is 0 Å². The van der Waals surface area contributed by atoms with E-state index in [0.717, 1.165) is 11.5 Å². The molecule has 0 aliphatic carbocycles. The summed E-state index contributed by atoms with van der Waals surface area (Å²) in [5.41, 5.74) is 0. The van der Waals surface area contributed by atoms with E-state index in [2.05, 4.69) is 0 Å². The molecule has 54 valence electrons. The summed E-state index contributed by atoms with van der Waals surface area (Å²) in [6, 6.07) is 0. The standard InChI is InChI=1S/C6H11FOS/c7-5-1-3-9-4-2-6(5)8/h5-6,8H,1-4H2. The second-order valence-electron chi connectivity index (χ2n) is 2.27. The Balaban J connectivity index is 2.32. The Morgan fingerprint density at radius 3 is 2.78 bits per heavy atom. The first kappa shape index (κ1) is 7.35. The van der Waals surface area contributed by atoms with E-state index >= 15 is 0 Å². The lowest BCUT2D eigenvalue weighted by Gasteiger charge is -2.09. The number of aliphatic hydroxyl groups is 1. The molecule has 1 aliphatic rings. The maximum Gasteiger partial charge on any atom is 0.127 e. The van der Waals surface area contributed by atoms with E-state index in [4.69, 9.17) is 5.11 Å². The minimum absolute atomic E-state index is 0.520. The average molecular weight is 150 g/mol. The molecule has 0 bridgehead atoms. The molecular weight excluding hydrogens is 139 g/mol. The first-order valence-electron chi connectivity index (χ1n) is 3.20. The highest BCUT2D eigenvalue weighted by atomic mass is 32.2. The molecule has 1 fully saturated rings. The van der Waals surface area contributed by atoms with Crippen molar-refractivity contribution in [1.29, 1.82) is 0 Å². The second kappa shape index (κ2) is 3.42. The molecule has 1 heterocycles. The van der Waals surface area contributed by atoms with Crippen molar-refractivity contribution in [3.8, 4) is 0 Å². The predicted octanol–water partition coefficient (Wildman–Crippen LogP) is 1.21. The number of halogens is 1. The van der Waals surface area contributed by atoms with Crippen LogP contribution >= 0.6 is 11.8 Å². The normalized spacial score (nSPS) is 38.0. The quantitative estimate of drug-likeness (QED) is 0.560. The topological polar surface area (TPSA) is 20.2 Å². The average Bonchev–Trinajstić information content (AvgIpc) is 1.99. The number of rotatable bonds is 0. The molecule has 0 aromatic carbocycles. The fourth-order valence-electron chi connectivity index (χ4n) is 0.875. The van der Waals surface area contributed by atoms with Crippen molar-refractivity contribution in [3.63, 3.8) is 0 Å². The zero-order valence-electron chi connectivity index (χ0n) is 5.22. The Bertz CT molecular complexity index is 79.1. The molecule has 0 radical (unpaired) electrons. The van der Waals surface area contributed by atoms with Gasteiger partial charge in [0.2, 0.25) is 0 Å². The maximum atomic E-state index is 12.6. The summed E-state index contributed by atoms with van der Waals surface area (Å²) in [5.74, 6) is 1.76. The van der Waals surface area contributed by atoms with Crippen LogP contribution in [0.2, 0.25) is 0 Å². The number of aliphatic hydroxyl groups excluding tert-OH is 1. The molecule has 1 aliphatic heterocycles. The summed E-state index contributed by atoms with van der Waals surface area (Å²) < 4.78 is 12.6. The first-order valence-corrected chi connectivity index (χ1v) is 4.36. The third kappa shape index (κ3) is 2.14. The van der Waals surface area contributed by atoms with Crippen LogP contribution in [-0.4, -0.2) is 28.9 Å². The number of hydrogen-bond donors (Lipinski definition) is 1. The monoisotopic (exact) mass is 150 g/mol. The van der Waals surface area contributed by atoms with E-state index in [1.54, 1.807) is 11.8 Å². The fraction of sp³-hybridized carbons (Fsp3) is 1.00. The molecule has 2 unspecified atom stereocenters. The zero-order chi connectivity index (χ0) is 6.69. The Kier molecular flexibility index (Phi) is 2.79. The molecule has 0 amide bonds. The van der Waals surface area contributed by atoms with Gasteiger partial charge in [-0.1, -0.05) is 0 Å². The van der Waals surface area contributed by atoms with Crippen LogP contribution in [0.3, 0.4) is 0 Å². The molecule has 3 heteroatoms. The van der Waals surface area contributed by atoms with Gasteiger partial charge in [-0.15, -0.1) is 0 Å². The largest absolute Gasteiger partial charge is 0.390 e. The van der Waals surface area contributed by atoms with Gasteiger partial charge >= 0.3 is 0 Å². The van der Waals surface area contributed by atoms with Crippen LogP contribution in [0.1, 0.15) is 12.8 Å². The van der Waals surface area contributed by atoms with Crippen molar-refractivity contribution in [2.24, 2.45) is 0 Å². The highest BCUT2D eigenvalue weighted by Crippen LogP contribution is 2.19. The lowest BCUT2D eigenvalue weighted by Crippen LogP contribution is -2.20. The van der Waals surface area contributed by atoms with Crippen molar-refractivity contribution in [3.05, 3.63) is 0 Å². The van der Waals surface area contributed by atoms with Gasteiger partial charge in [-0.2, -0.15) is 11.8 Å². The van der Waals surface area contributed by atoms with Crippen molar-refractivity contribution in [2.45, 2.75) is 25.1 Å². The fourth-order valence-corrected chi connectivity index (χ4v) is 1.88. The Labute approximate surface area is 58.6 Å². The third-order valence-electron chi connectivity index (χ3n) is 1.51. The van der Waals surface area contributed by atoms with Gasteiger partial charge in [0.1, 0.15) is 6.17 Å². The van der Waals surface area contributed by atoms with Crippen molar-refractivity contribution in [1.82, 2.24) is 0 Å². The minimum Gasteiger partial charge on any atom is -0.390 e. The lowest BCUT2D eigenvalue weighted by molar-refractivity contribution is 0.0760. The third-order valence-corrected chi connectivity index (χ3v) is 2.56. The van der Waals surface area contributed by atoms with E-state index in [0.29, 0.717) is 12.8 Å². The van der Waals surface area contributed by atoms with Gasteiger partial charge in [0.05, 0.1) is 6.10 Å². The van der Waals surface area contributed by atoms with Gasteiger partial charge in [0, 0.05) is 0 Å². The summed E-state index contributed by atoms with van der Waals surface area (Å²) in [4.78, 5) is 0. The molecule has 0 aromatic rings. The number of thioether (sulfide) groups is 1. The van der Waals surface area contributed by atoms with Crippen molar-refractivity contribution >= 4 is 11.8 Å². The van der Waals surface area contributed by atoms with Gasteiger partial charge in [0.25, 0.3) is 0 Å². The number of hydrogen-bond acceptors (Lipinski definition) is 2. The van der Waals surface area contributed by atoms with E-state index in [1.807, 2.05) is 0 Å². The van der Waals surface area contributed by atoms with Gasteiger partial charge in [-0.3, -0.25) is 0 Å². The minimum atomic E-state index is -0.972. The molecule has 1 saturated heterocycles. The van der Waals surface area contributed by atoms with Gasteiger partial charge in [-0.05, 0) is 24.3 Å². The smallest absolute Gasteiger partial charge is 0.127 e. The molecule has 0 aromatic heterocycles. The Morgan fingerprint density at radius 1 is 1.33 bits per heavy atom. The van der Waals surface area contributed by atoms with Crippen LogP contribution in [0.5, 0.6) is 0 Å². The molecular formula is C6H11FOS. The first-order chi connectivity index (χ1) is 4.30. The Hall–Kier alpha value is 0.240. The molecule has 1 N–H and O–H groups in total. The molecule has 2 atom stereocenters. The summed E-state index contributed by atoms with van der Waals surface area (Å²) in [6.45, 7) is 0. The number of alkyl halides is 1. The van der Waals surface area contributed by atoms with E-state index in [-0.39, 0.29) is 0 Å². The summed E-state index contributed by atoms with van der Waals surface area (Å²) >= 11 is 1.72. The van der Waals surface area contributed by atoms with E-state index < -0.39 is 12.3 Å². The van der Waals surface area contributed by atoms with E-state index in [1.165, 1.54) is 0 Å². The van der Waals surface area contributed by atoms with Gasteiger partial charge < -0.3 is 5.11 Å². The molecule has 1 nitrogen and oxygen atoms in total. The molecule has 0 spiro atoms. The molecule has 0 saturated carbocycles. The summed E-state index contributed by atoms with van der Waals surface area (Å²) in [5, 5.41) is 8.97. The van der Waals surface area contributed by atoms with Crippen LogP contribution in [0.4, 0.5) is 4.39 Å². The van der Waals surface area contributed by atoms with E-state index in [9.17, 15) is 4.39 Å². The molecule has 9 heavy (non-hydrogen) atoms. The van der Waals surface area contributed by atoms with Crippen LogP contribution < -0.4 is 0 Å². The van der Waals surface area contributed by atoms with Gasteiger partial charge in [0.15, 0.2) is 0 Å². The van der Waals surface area contributed by atoms with Crippen molar-refractivity contribution < 1.29 is 9.50 Å². The SMILES string of the molecule is OC1CCSCCC1F. The summed E-state index contributed by atoms with van der Waals surface area (Å²) in [6.07, 6.45) is -0.530. The zero-order valence-corrected chi connectivity index (χ0v) is 6.03.